The number of hydrogen-bond donors (Lipinski definition) is 2. The van der Waals surface area contributed by atoms with Gasteiger partial charge in [0.2, 0.25) is 0 Å². The van der Waals surface area contributed by atoms with Gasteiger partial charge in [0.1, 0.15) is 13.1 Å². The van der Waals surface area contributed by atoms with Crippen molar-refractivity contribution in [3.63, 3.8) is 0 Å². The topological polar surface area (TPSA) is 50.2 Å². The number of fused-ring (bicyclic) bond motifs is 1. The highest BCUT2D eigenvalue weighted by molar-refractivity contribution is 9.10. The van der Waals surface area contributed by atoms with Crippen molar-refractivity contribution in [1.82, 2.24) is 9.97 Å². The van der Waals surface area contributed by atoms with Gasteiger partial charge in [-0.25, -0.2) is 4.98 Å². The maximum atomic E-state index is 12.1. The first kappa shape index (κ1) is 14.9. The molecule has 1 unspecified atom stereocenters. The van der Waals surface area contributed by atoms with Crippen LogP contribution in [0.1, 0.15) is 11.4 Å². The molecule has 0 aliphatic heterocycles. The summed E-state index contributed by atoms with van der Waals surface area (Å²) in [7, 11) is 2.09. The normalized spacial score (nSPS) is 12.5. The number of aromatic amines is 1. The van der Waals surface area contributed by atoms with E-state index in [1.54, 1.807) is 6.07 Å². The number of nitrogens with one attached hydrogen (secondary N) is 2. The fourth-order valence-corrected chi connectivity index (χ4v) is 2.78. The minimum atomic E-state index is -0.0722. The first-order valence-electron chi connectivity index (χ1n) is 7.15. The number of halogens is 1. The largest absolute Gasteiger partial charge is 0.327 e. The maximum absolute atomic E-state index is 12.1. The van der Waals surface area contributed by atoms with Crippen LogP contribution >= 0.6 is 15.9 Å². The monoisotopic (exact) mass is 358 g/mol. The fraction of sp³-hybridized carbons (Fsp3) is 0.176. The summed E-state index contributed by atoms with van der Waals surface area (Å²) in [4.78, 5) is 20.8. The molecular weight excluding hydrogens is 342 g/mol. The molecule has 2 N–H and O–H groups in total. The molecule has 1 aromatic heterocycles. The molecule has 0 amide bonds. The van der Waals surface area contributed by atoms with Gasteiger partial charge in [0.05, 0.1) is 18.0 Å². The van der Waals surface area contributed by atoms with E-state index in [0.717, 1.165) is 22.4 Å². The fourth-order valence-electron chi connectivity index (χ4n) is 2.52. The molecule has 0 aliphatic rings. The van der Waals surface area contributed by atoms with Crippen LogP contribution < -0.4 is 10.5 Å². The lowest BCUT2D eigenvalue weighted by atomic mass is 10.2. The van der Waals surface area contributed by atoms with Gasteiger partial charge in [-0.15, -0.1) is 0 Å². The molecule has 0 bridgehead atoms. The van der Waals surface area contributed by atoms with Gasteiger partial charge in [0.15, 0.2) is 5.82 Å². The van der Waals surface area contributed by atoms with Crippen molar-refractivity contribution in [3.05, 3.63) is 74.7 Å². The minimum absolute atomic E-state index is 0.0722. The zero-order valence-electron chi connectivity index (χ0n) is 12.3. The second kappa shape index (κ2) is 6.42. The minimum Gasteiger partial charge on any atom is -0.327 e. The van der Waals surface area contributed by atoms with Gasteiger partial charge in [0.25, 0.3) is 5.56 Å². The Morgan fingerprint density at radius 1 is 1.09 bits per heavy atom. The molecule has 4 nitrogen and oxygen atoms in total. The standard InChI is InChI=1S/C17H16BrN3O/c1-21(10-12-6-8-13(18)9-7-12)11-16-19-15-5-3-2-4-14(15)17(22)20-16/h2-9H,10-11H2,1H3,(H,19,20,22)/p+1. The van der Waals surface area contributed by atoms with Crippen molar-refractivity contribution in [2.24, 2.45) is 0 Å². The van der Waals surface area contributed by atoms with Gasteiger partial charge >= 0.3 is 0 Å². The SMILES string of the molecule is C[NH+](Cc1ccc(Br)cc1)Cc1nc2ccccc2c(=O)[nH]1. The molecule has 3 aromatic rings. The Labute approximate surface area is 136 Å². The number of para-hydroxylation sites is 1. The highest BCUT2D eigenvalue weighted by Gasteiger charge is 2.09. The van der Waals surface area contributed by atoms with E-state index in [9.17, 15) is 4.79 Å². The molecule has 0 fully saturated rings. The summed E-state index contributed by atoms with van der Waals surface area (Å²) >= 11 is 3.44. The number of H-pyrrole nitrogens is 1. The summed E-state index contributed by atoms with van der Waals surface area (Å²) in [5.41, 5.74) is 1.93. The third kappa shape index (κ3) is 3.43. The Hall–Kier alpha value is -1.98. The van der Waals surface area contributed by atoms with Gasteiger partial charge in [0, 0.05) is 10.0 Å². The van der Waals surface area contributed by atoms with Gasteiger partial charge in [-0.3, -0.25) is 4.79 Å². The van der Waals surface area contributed by atoms with Crippen LogP contribution in [0.3, 0.4) is 0 Å². The number of rotatable bonds is 4. The Morgan fingerprint density at radius 3 is 2.59 bits per heavy atom. The molecule has 0 aliphatic carbocycles. The van der Waals surface area contributed by atoms with Crippen LogP contribution in [0.15, 0.2) is 57.8 Å². The van der Waals surface area contributed by atoms with Crippen LogP contribution in [0.4, 0.5) is 0 Å². The van der Waals surface area contributed by atoms with Crippen LogP contribution in [0, 0.1) is 0 Å². The third-order valence-corrected chi connectivity index (χ3v) is 4.08. The van der Waals surface area contributed by atoms with Crippen LogP contribution in [0.25, 0.3) is 10.9 Å². The van der Waals surface area contributed by atoms with Gasteiger partial charge < -0.3 is 9.88 Å². The Kier molecular flexibility index (Phi) is 4.36. The predicted octanol–water partition coefficient (Wildman–Crippen LogP) is 1.90. The summed E-state index contributed by atoms with van der Waals surface area (Å²) in [5.74, 6) is 0.721. The predicted molar refractivity (Wildman–Crippen MR) is 90.8 cm³/mol. The number of benzene rings is 2. The summed E-state index contributed by atoms with van der Waals surface area (Å²) < 4.78 is 1.08. The third-order valence-electron chi connectivity index (χ3n) is 3.55. The Morgan fingerprint density at radius 2 is 1.82 bits per heavy atom. The first-order valence-corrected chi connectivity index (χ1v) is 7.95. The highest BCUT2D eigenvalue weighted by Crippen LogP contribution is 2.09. The van der Waals surface area contributed by atoms with Crippen molar-refractivity contribution >= 4 is 26.8 Å². The molecule has 1 atom stereocenters. The van der Waals surface area contributed by atoms with Crippen LogP contribution in [0.2, 0.25) is 0 Å². The molecule has 5 heteroatoms. The van der Waals surface area contributed by atoms with Crippen LogP contribution in [-0.4, -0.2) is 17.0 Å². The lowest BCUT2D eigenvalue weighted by molar-refractivity contribution is -0.908. The smallest absolute Gasteiger partial charge is 0.258 e. The van der Waals surface area contributed by atoms with E-state index in [4.69, 9.17) is 0 Å². The van der Waals surface area contributed by atoms with E-state index < -0.39 is 0 Å². The van der Waals surface area contributed by atoms with Crippen molar-refractivity contribution < 1.29 is 4.90 Å². The molecule has 112 valence electrons. The summed E-state index contributed by atoms with van der Waals surface area (Å²) in [6.07, 6.45) is 0. The molecule has 0 saturated carbocycles. The molecule has 2 aromatic carbocycles. The van der Waals surface area contributed by atoms with Crippen molar-refractivity contribution in [2.75, 3.05) is 7.05 Å². The molecule has 0 radical (unpaired) electrons. The van der Waals surface area contributed by atoms with Crippen molar-refractivity contribution in [3.8, 4) is 0 Å². The second-order valence-corrected chi connectivity index (χ2v) is 6.38. The Bertz CT molecular complexity index is 842. The van der Waals surface area contributed by atoms with Crippen molar-refractivity contribution in [2.45, 2.75) is 13.1 Å². The first-order chi connectivity index (χ1) is 10.6. The zero-order valence-corrected chi connectivity index (χ0v) is 13.9. The molecule has 1 heterocycles. The molecule has 22 heavy (non-hydrogen) atoms. The van der Waals surface area contributed by atoms with Gasteiger partial charge in [-0.05, 0) is 24.3 Å². The van der Waals surface area contributed by atoms with Crippen LogP contribution in [-0.2, 0) is 13.1 Å². The zero-order chi connectivity index (χ0) is 15.5. The van der Waals surface area contributed by atoms with E-state index in [-0.39, 0.29) is 5.56 Å². The number of nitrogens with zero attached hydrogens (tertiary/aromatic N) is 1. The Balaban J connectivity index is 1.77. The number of quaternary nitrogens is 1. The number of aromatic nitrogens is 2. The quantitative estimate of drug-likeness (QED) is 0.748. The van der Waals surface area contributed by atoms with E-state index in [2.05, 4.69) is 45.1 Å². The maximum Gasteiger partial charge on any atom is 0.258 e. The average Bonchev–Trinajstić information content (AvgIpc) is 2.49. The molecule has 0 spiro atoms. The van der Waals surface area contributed by atoms with Crippen LogP contribution in [0.5, 0.6) is 0 Å². The van der Waals surface area contributed by atoms with Gasteiger partial charge in [-0.1, -0.05) is 40.2 Å². The lowest BCUT2D eigenvalue weighted by Crippen LogP contribution is -3.06. The van der Waals surface area contributed by atoms with Crippen molar-refractivity contribution in [1.29, 1.82) is 0 Å². The summed E-state index contributed by atoms with van der Waals surface area (Å²) in [6, 6.07) is 15.7. The van der Waals surface area contributed by atoms with Gasteiger partial charge in [-0.2, -0.15) is 0 Å². The number of hydrogen-bond acceptors (Lipinski definition) is 2. The summed E-state index contributed by atoms with van der Waals surface area (Å²) in [5, 5.41) is 0.636. The average molecular weight is 359 g/mol. The molecule has 3 rings (SSSR count). The van der Waals surface area contributed by atoms with E-state index in [0.29, 0.717) is 11.9 Å². The summed E-state index contributed by atoms with van der Waals surface area (Å²) in [6.45, 7) is 1.56. The second-order valence-electron chi connectivity index (χ2n) is 5.47. The molecule has 0 saturated heterocycles. The van der Waals surface area contributed by atoms with E-state index in [1.165, 1.54) is 10.5 Å². The highest BCUT2D eigenvalue weighted by atomic mass is 79.9. The lowest BCUT2D eigenvalue weighted by Gasteiger charge is -2.13. The van der Waals surface area contributed by atoms with E-state index >= 15 is 0 Å². The van der Waals surface area contributed by atoms with E-state index in [1.807, 2.05) is 30.3 Å². The molecular formula is C17H17BrN3O+.